The molecule has 0 aliphatic rings. The molecule has 104 valence electrons. The smallest absolute Gasteiger partial charge is 0.264 e. The molecule has 0 atom stereocenters. The summed E-state index contributed by atoms with van der Waals surface area (Å²) in [6.07, 6.45) is 12.3. The fourth-order valence-corrected chi connectivity index (χ4v) is 1.08. The predicted octanol–water partition coefficient (Wildman–Crippen LogP) is 2.76. The molecule has 0 radical (unpaired) electrons. The summed E-state index contributed by atoms with van der Waals surface area (Å²) in [7, 11) is -3.66. The molecule has 5 heteroatoms. The quantitative estimate of drug-likeness (QED) is 0.402. The number of rotatable bonds is 8. The van der Waals surface area contributed by atoms with Gasteiger partial charge in [-0.25, -0.2) is 0 Å². The number of unbranched alkanes of at least 4 members (excludes halogenated alkanes) is 5. The third kappa shape index (κ3) is 25.7. The monoisotopic (exact) mass is 265 g/mol. The molecule has 0 unspecified atom stereocenters. The summed E-state index contributed by atoms with van der Waals surface area (Å²) in [6.45, 7) is 4.30. The van der Waals surface area contributed by atoms with Crippen LogP contribution in [0.4, 0.5) is 0 Å². The summed E-state index contributed by atoms with van der Waals surface area (Å²) in [5.74, 6) is -0.201. The lowest BCUT2D eigenvalue weighted by atomic mass is 10.1. The van der Waals surface area contributed by atoms with Gasteiger partial charge in [0.25, 0.3) is 10.1 Å². The Morgan fingerprint density at radius 3 is 2.00 bits per heavy atom. The van der Waals surface area contributed by atoms with Crippen LogP contribution in [0.3, 0.4) is 0 Å². The van der Waals surface area contributed by atoms with Gasteiger partial charge in [0.05, 0.1) is 5.75 Å². The first-order chi connectivity index (χ1) is 7.97. The van der Waals surface area contributed by atoms with Crippen molar-refractivity contribution in [3.8, 4) is 0 Å². The maximum atomic E-state index is 9.56. The van der Waals surface area contributed by atoms with Crippen molar-refractivity contribution in [3.05, 3.63) is 12.2 Å². The molecule has 0 amide bonds. The van der Waals surface area contributed by atoms with E-state index < -0.39 is 10.1 Å². The van der Waals surface area contributed by atoms with Crippen molar-refractivity contribution >= 4 is 10.1 Å². The molecule has 0 aromatic carbocycles. The van der Waals surface area contributed by atoms with E-state index in [1.807, 2.05) is 6.08 Å². The molecule has 0 aliphatic carbocycles. The van der Waals surface area contributed by atoms with Gasteiger partial charge < -0.3 is 5.73 Å². The summed E-state index contributed by atoms with van der Waals surface area (Å²) in [5, 5.41) is 0. The zero-order valence-corrected chi connectivity index (χ0v) is 11.9. The van der Waals surface area contributed by atoms with E-state index in [1.165, 1.54) is 45.4 Å². The van der Waals surface area contributed by atoms with Crippen LogP contribution in [0.15, 0.2) is 12.2 Å². The van der Waals surface area contributed by atoms with Crippen molar-refractivity contribution in [2.75, 3.05) is 12.3 Å². The first kappa shape index (κ1) is 19.0. The number of allylic oxidation sites excluding steroid dienone is 1. The molecule has 0 saturated heterocycles. The predicted molar refractivity (Wildman–Crippen MR) is 73.7 cm³/mol. The maximum absolute atomic E-state index is 9.56. The van der Waals surface area contributed by atoms with E-state index in [4.69, 9.17) is 10.3 Å². The van der Waals surface area contributed by atoms with E-state index in [1.54, 1.807) is 0 Å². The Hall–Kier alpha value is -0.390. The van der Waals surface area contributed by atoms with Gasteiger partial charge in [0.15, 0.2) is 0 Å². The second-order valence-corrected chi connectivity index (χ2v) is 5.52. The lowest BCUT2D eigenvalue weighted by Gasteiger charge is -1.95. The van der Waals surface area contributed by atoms with E-state index >= 15 is 0 Å². The van der Waals surface area contributed by atoms with E-state index in [-0.39, 0.29) is 5.75 Å². The van der Waals surface area contributed by atoms with Gasteiger partial charge in [-0.15, -0.1) is 0 Å². The van der Waals surface area contributed by atoms with E-state index in [0.29, 0.717) is 6.54 Å². The summed E-state index contributed by atoms with van der Waals surface area (Å²) < 4.78 is 26.9. The van der Waals surface area contributed by atoms with Crippen LogP contribution in [-0.4, -0.2) is 25.3 Å². The molecule has 0 bridgehead atoms. The van der Waals surface area contributed by atoms with Crippen LogP contribution in [0, 0.1) is 0 Å². The molecule has 0 saturated carbocycles. The number of hydrogen-bond donors (Lipinski definition) is 2. The Morgan fingerprint density at radius 1 is 1.06 bits per heavy atom. The minimum absolute atomic E-state index is 0.201. The molecule has 0 rings (SSSR count). The zero-order valence-electron chi connectivity index (χ0n) is 11.1. The molecule has 0 spiro atoms. The summed E-state index contributed by atoms with van der Waals surface area (Å²) in [5.41, 5.74) is 5.30. The lowest BCUT2D eigenvalue weighted by molar-refractivity contribution is 0.484. The van der Waals surface area contributed by atoms with Crippen molar-refractivity contribution in [2.45, 2.75) is 52.4 Å². The molecule has 0 heterocycles. The van der Waals surface area contributed by atoms with Crippen LogP contribution in [-0.2, 0) is 10.1 Å². The summed E-state index contributed by atoms with van der Waals surface area (Å²) in [6, 6.07) is 0. The Morgan fingerprint density at radius 2 is 1.59 bits per heavy atom. The lowest BCUT2D eigenvalue weighted by Crippen LogP contribution is -1.97. The average molecular weight is 265 g/mol. The first-order valence-corrected chi connectivity index (χ1v) is 7.89. The highest BCUT2D eigenvalue weighted by Crippen LogP contribution is 2.04. The highest BCUT2D eigenvalue weighted by atomic mass is 32.2. The molecule has 0 aromatic rings. The van der Waals surface area contributed by atoms with E-state index in [9.17, 15) is 8.42 Å². The maximum Gasteiger partial charge on any atom is 0.264 e. The van der Waals surface area contributed by atoms with Crippen LogP contribution in [0.2, 0.25) is 0 Å². The fraction of sp³-hybridized carbons (Fsp3) is 0.833. The Bertz CT molecular complexity index is 261. The summed E-state index contributed by atoms with van der Waals surface area (Å²) >= 11 is 0. The van der Waals surface area contributed by atoms with Crippen LogP contribution >= 0.6 is 0 Å². The van der Waals surface area contributed by atoms with E-state index in [0.717, 1.165) is 0 Å². The second kappa shape index (κ2) is 13.7. The first-order valence-electron chi connectivity index (χ1n) is 6.28. The summed E-state index contributed by atoms with van der Waals surface area (Å²) in [4.78, 5) is 0. The van der Waals surface area contributed by atoms with Crippen LogP contribution in [0.1, 0.15) is 52.4 Å². The van der Waals surface area contributed by atoms with Crippen molar-refractivity contribution in [3.63, 3.8) is 0 Å². The normalized spacial score (nSPS) is 11.3. The van der Waals surface area contributed by atoms with Gasteiger partial charge >= 0.3 is 0 Å². The molecule has 0 aromatic heterocycles. The zero-order chi connectivity index (χ0) is 13.6. The Labute approximate surface area is 106 Å². The average Bonchev–Trinajstić information content (AvgIpc) is 2.28. The molecule has 0 aliphatic heterocycles. The number of nitrogens with two attached hydrogens (primary N) is 1. The van der Waals surface area contributed by atoms with Crippen molar-refractivity contribution in [2.24, 2.45) is 5.73 Å². The van der Waals surface area contributed by atoms with Gasteiger partial charge in [-0.1, -0.05) is 44.8 Å². The van der Waals surface area contributed by atoms with Gasteiger partial charge in [-0.3, -0.25) is 4.55 Å². The Kier molecular flexibility index (Phi) is 15.3. The highest BCUT2D eigenvalue weighted by Gasteiger charge is 1.93. The standard InChI is InChI=1S/C10H21N.C2H6O3S/c1-2-3-4-5-6-7-8-9-10-11;1-2-6(3,4)5/h8-9H,2-7,10-11H2,1H3;2H2,1H3,(H,3,4,5). The van der Waals surface area contributed by atoms with E-state index in [2.05, 4.69) is 13.0 Å². The fourth-order valence-electron chi connectivity index (χ4n) is 1.08. The molecular formula is C12H27NO3S. The van der Waals surface area contributed by atoms with Crippen LogP contribution in [0.25, 0.3) is 0 Å². The largest absolute Gasteiger partial charge is 0.327 e. The van der Waals surface area contributed by atoms with Gasteiger partial charge in [-0.05, 0) is 19.8 Å². The van der Waals surface area contributed by atoms with Crippen LogP contribution < -0.4 is 5.73 Å². The van der Waals surface area contributed by atoms with Crippen molar-refractivity contribution < 1.29 is 13.0 Å². The molecule has 3 N–H and O–H groups in total. The topological polar surface area (TPSA) is 80.4 Å². The second-order valence-electron chi connectivity index (χ2n) is 3.78. The highest BCUT2D eigenvalue weighted by molar-refractivity contribution is 7.85. The molecule has 4 nitrogen and oxygen atoms in total. The van der Waals surface area contributed by atoms with Crippen molar-refractivity contribution in [1.29, 1.82) is 0 Å². The SMILES string of the molecule is CCCCCCCC=CCN.CCS(=O)(=O)O. The molecule has 17 heavy (non-hydrogen) atoms. The molecule has 0 fully saturated rings. The minimum Gasteiger partial charge on any atom is -0.327 e. The third-order valence-electron chi connectivity index (χ3n) is 2.14. The Balaban J connectivity index is 0. The van der Waals surface area contributed by atoms with Gasteiger partial charge in [-0.2, -0.15) is 8.42 Å². The van der Waals surface area contributed by atoms with Gasteiger partial charge in [0.1, 0.15) is 0 Å². The van der Waals surface area contributed by atoms with Gasteiger partial charge in [0.2, 0.25) is 0 Å². The minimum atomic E-state index is -3.66. The van der Waals surface area contributed by atoms with Gasteiger partial charge in [0, 0.05) is 6.54 Å². The molecular weight excluding hydrogens is 238 g/mol. The van der Waals surface area contributed by atoms with Crippen molar-refractivity contribution in [1.82, 2.24) is 0 Å². The number of hydrogen-bond acceptors (Lipinski definition) is 3. The van der Waals surface area contributed by atoms with Crippen LogP contribution in [0.5, 0.6) is 0 Å². The third-order valence-corrected chi connectivity index (χ3v) is 2.87.